The van der Waals surface area contributed by atoms with E-state index >= 15 is 0 Å². The van der Waals surface area contributed by atoms with Gasteiger partial charge in [-0.15, -0.1) is 0 Å². The molecule has 1 heterocycles. The molecule has 1 atom stereocenters. The van der Waals surface area contributed by atoms with Gasteiger partial charge in [-0.1, -0.05) is 18.3 Å². The largest absolute Gasteiger partial charge is 0.389 e. The van der Waals surface area contributed by atoms with Gasteiger partial charge in [0, 0.05) is 18.8 Å². The highest BCUT2D eigenvalue weighted by Crippen LogP contribution is 2.28. The molecule has 1 fully saturated rings. The number of hydrogen-bond donors (Lipinski definition) is 2. The number of amides is 1. The standard InChI is InChI=1S/C12H14FN3OS/c13-8-2-1-3-9(10(8)12(15)18)16-5-4-7(6-16)11(14)17/h1-3,7H,4-6H2,(H2,14,17)(H2,15,18). The van der Waals surface area contributed by atoms with Crippen molar-refractivity contribution in [2.75, 3.05) is 18.0 Å². The summed E-state index contributed by atoms with van der Waals surface area (Å²) in [7, 11) is 0. The first kappa shape index (κ1) is 12.8. The second-order valence-electron chi connectivity index (χ2n) is 4.33. The van der Waals surface area contributed by atoms with E-state index in [0.717, 1.165) is 0 Å². The van der Waals surface area contributed by atoms with Crippen LogP contribution in [0.2, 0.25) is 0 Å². The van der Waals surface area contributed by atoms with Crippen LogP contribution >= 0.6 is 12.2 Å². The van der Waals surface area contributed by atoms with Crippen LogP contribution in [0, 0.1) is 11.7 Å². The number of primary amides is 1. The van der Waals surface area contributed by atoms with Crippen molar-refractivity contribution in [2.45, 2.75) is 6.42 Å². The van der Waals surface area contributed by atoms with Crippen LogP contribution in [0.15, 0.2) is 18.2 Å². The van der Waals surface area contributed by atoms with E-state index in [4.69, 9.17) is 23.7 Å². The minimum Gasteiger partial charge on any atom is -0.389 e. The Labute approximate surface area is 110 Å². The number of anilines is 1. The number of carbonyl (C=O) groups is 1. The molecule has 0 bridgehead atoms. The zero-order chi connectivity index (χ0) is 13.3. The average molecular weight is 267 g/mol. The molecule has 4 N–H and O–H groups in total. The topological polar surface area (TPSA) is 72.4 Å². The van der Waals surface area contributed by atoms with Crippen molar-refractivity contribution in [1.82, 2.24) is 0 Å². The van der Waals surface area contributed by atoms with E-state index in [2.05, 4.69) is 0 Å². The van der Waals surface area contributed by atoms with Gasteiger partial charge >= 0.3 is 0 Å². The Kier molecular flexibility index (Phi) is 3.47. The van der Waals surface area contributed by atoms with Gasteiger partial charge < -0.3 is 16.4 Å². The lowest BCUT2D eigenvalue weighted by Crippen LogP contribution is -2.29. The highest BCUT2D eigenvalue weighted by molar-refractivity contribution is 7.80. The molecule has 1 aromatic carbocycles. The number of rotatable bonds is 3. The van der Waals surface area contributed by atoms with Gasteiger partial charge in [0.1, 0.15) is 10.8 Å². The Morgan fingerprint density at radius 2 is 2.17 bits per heavy atom. The lowest BCUT2D eigenvalue weighted by Gasteiger charge is -2.21. The maximum Gasteiger partial charge on any atom is 0.222 e. The summed E-state index contributed by atoms with van der Waals surface area (Å²) in [6, 6.07) is 4.67. The first-order chi connectivity index (χ1) is 8.50. The normalized spacial score (nSPS) is 18.9. The zero-order valence-electron chi connectivity index (χ0n) is 9.73. The molecule has 0 radical (unpaired) electrons. The monoisotopic (exact) mass is 267 g/mol. The average Bonchev–Trinajstić information content (AvgIpc) is 2.77. The Morgan fingerprint density at radius 3 is 2.72 bits per heavy atom. The summed E-state index contributed by atoms with van der Waals surface area (Å²) in [6.45, 7) is 1.13. The molecule has 1 aliphatic heterocycles. The minimum absolute atomic E-state index is 0.0191. The second-order valence-corrected chi connectivity index (χ2v) is 4.77. The van der Waals surface area contributed by atoms with Gasteiger partial charge in [-0.25, -0.2) is 4.39 Å². The van der Waals surface area contributed by atoms with E-state index in [1.807, 2.05) is 4.90 Å². The van der Waals surface area contributed by atoms with E-state index in [0.29, 0.717) is 25.2 Å². The van der Waals surface area contributed by atoms with E-state index in [1.54, 1.807) is 12.1 Å². The third-order valence-electron chi connectivity index (χ3n) is 3.17. The third kappa shape index (κ3) is 2.28. The summed E-state index contributed by atoms with van der Waals surface area (Å²) in [5.41, 5.74) is 11.7. The first-order valence-electron chi connectivity index (χ1n) is 5.63. The Morgan fingerprint density at radius 1 is 1.44 bits per heavy atom. The van der Waals surface area contributed by atoms with Crippen LogP contribution in [-0.4, -0.2) is 24.0 Å². The van der Waals surface area contributed by atoms with E-state index in [9.17, 15) is 9.18 Å². The lowest BCUT2D eigenvalue weighted by molar-refractivity contribution is -0.121. The minimum atomic E-state index is -0.442. The van der Waals surface area contributed by atoms with Gasteiger partial charge in [-0.2, -0.15) is 0 Å². The van der Waals surface area contributed by atoms with Crippen LogP contribution in [0.25, 0.3) is 0 Å². The number of thiocarbonyl (C=S) groups is 1. The molecule has 96 valence electrons. The molecular weight excluding hydrogens is 253 g/mol. The molecule has 18 heavy (non-hydrogen) atoms. The highest BCUT2D eigenvalue weighted by atomic mass is 32.1. The Hall–Kier alpha value is -1.69. The molecule has 1 amide bonds. The summed E-state index contributed by atoms with van der Waals surface area (Å²) >= 11 is 4.87. The molecule has 6 heteroatoms. The number of halogens is 1. The molecule has 2 rings (SSSR count). The van der Waals surface area contributed by atoms with Crippen LogP contribution in [-0.2, 0) is 4.79 Å². The van der Waals surface area contributed by atoms with Crippen molar-refractivity contribution in [1.29, 1.82) is 0 Å². The maximum absolute atomic E-state index is 13.7. The lowest BCUT2D eigenvalue weighted by atomic mass is 10.1. The predicted octanol–water partition coefficient (Wildman–Crippen LogP) is 0.771. The molecule has 0 aliphatic carbocycles. The number of hydrogen-bond acceptors (Lipinski definition) is 3. The smallest absolute Gasteiger partial charge is 0.222 e. The van der Waals surface area contributed by atoms with Crippen LogP contribution in [0.4, 0.5) is 10.1 Å². The van der Waals surface area contributed by atoms with Crippen LogP contribution < -0.4 is 16.4 Å². The number of nitrogens with zero attached hydrogens (tertiary/aromatic N) is 1. The van der Waals surface area contributed by atoms with Crippen molar-refractivity contribution < 1.29 is 9.18 Å². The van der Waals surface area contributed by atoms with Crippen LogP contribution in [0.3, 0.4) is 0 Å². The van der Waals surface area contributed by atoms with Gasteiger partial charge in [0.25, 0.3) is 0 Å². The van der Waals surface area contributed by atoms with Gasteiger partial charge in [0.15, 0.2) is 0 Å². The van der Waals surface area contributed by atoms with Crippen molar-refractivity contribution in [2.24, 2.45) is 17.4 Å². The summed E-state index contributed by atoms with van der Waals surface area (Å²) in [4.78, 5) is 13.1. The summed E-state index contributed by atoms with van der Waals surface area (Å²) in [6.07, 6.45) is 0.669. The van der Waals surface area contributed by atoms with Crippen molar-refractivity contribution >= 4 is 28.8 Å². The SMILES string of the molecule is NC(=O)C1CCN(c2cccc(F)c2C(N)=S)C1. The molecule has 1 saturated heterocycles. The highest BCUT2D eigenvalue weighted by Gasteiger charge is 2.28. The number of nitrogens with two attached hydrogens (primary N) is 2. The molecule has 0 saturated carbocycles. The summed E-state index contributed by atoms with van der Waals surface area (Å²) < 4.78 is 13.7. The number of benzene rings is 1. The fourth-order valence-electron chi connectivity index (χ4n) is 2.23. The first-order valence-corrected chi connectivity index (χ1v) is 6.04. The fourth-order valence-corrected chi connectivity index (χ4v) is 2.43. The summed E-state index contributed by atoms with van der Waals surface area (Å²) in [5.74, 6) is -0.972. The molecule has 1 aliphatic rings. The van der Waals surface area contributed by atoms with Crippen molar-refractivity contribution in [3.05, 3.63) is 29.6 Å². The fraction of sp³-hybridized carbons (Fsp3) is 0.333. The van der Waals surface area contributed by atoms with Gasteiger partial charge in [-0.05, 0) is 18.6 Å². The Bertz CT molecular complexity index is 506. The maximum atomic E-state index is 13.7. The molecule has 4 nitrogen and oxygen atoms in total. The molecule has 1 unspecified atom stereocenters. The predicted molar refractivity (Wildman–Crippen MR) is 71.8 cm³/mol. The van der Waals surface area contributed by atoms with Crippen LogP contribution in [0.5, 0.6) is 0 Å². The van der Waals surface area contributed by atoms with Crippen molar-refractivity contribution in [3.8, 4) is 0 Å². The quantitative estimate of drug-likeness (QED) is 0.794. The van der Waals surface area contributed by atoms with Gasteiger partial charge in [0.05, 0.1) is 11.5 Å². The van der Waals surface area contributed by atoms with Gasteiger partial charge in [-0.3, -0.25) is 4.79 Å². The van der Waals surface area contributed by atoms with E-state index in [1.165, 1.54) is 6.07 Å². The second kappa shape index (κ2) is 4.89. The van der Waals surface area contributed by atoms with Crippen LogP contribution in [0.1, 0.15) is 12.0 Å². The van der Waals surface area contributed by atoms with Gasteiger partial charge in [0.2, 0.25) is 5.91 Å². The molecule has 0 aromatic heterocycles. The summed E-state index contributed by atoms with van der Waals surface area (Å²) in [5, 5.41) is 0. The molecule has 1 aromatic rings. The van der Waals surface area contributed by atoms with E-state index < -0.39 is 5.82 Å². The number of carbonyl (C=O) groups excluding carboxylic acids is 1. The Balaban J connectivity index is 2.32. The molecular formula is C12H14FN3OS. The van der Waals surface area contributed by atoms with Crippen molar-refractivity contribution in [3.63, 3.8) is 0 Å². The molecule has 0 spiro atoms. The third-order valence-corrected chi connectivity index (χ3v) is 3.37. The van der Waals surface area contributed by atoms with E-state index in [-0.39, 0.29) is 22.4 Å². The zero-order valence-corrected chi connectivity index (χ0v) is 10.5.